The summed E-state index contributed by atoms with van der Waals surface area (Å²) < 4.78 is 16.3. The van der Waals surface area contributed by atoms with Gasteiger partial charge in [-0.2, -0.15) is 0 Å². The Hall–Kier alpha value is -2.42. The summed E-state index contributed by atoms with van der Waals surface area (Å²) in [5.74, 6) is 2.42. The Kier molecular flexibility index (Phi) is 5.48. The van der Waals surface area contributed by atoms with E-state index in [0.717, 1.165) is 33.9 Å². The van der Waals surface area contributed by atoms with Gasteiger partial charge in [-0.25, -0.2) is 0 Å². The lowest BCUT2D eigenvalue weighted by molar-refractivity contribution is 0.340. The van der Waals surface area contributed by atoms with Crippen LogP contribution in [-0.4, -0.2) is 20.8 Å². The van der Waals surface area contributed by atoms with E-state index in [1.54, 1.807) is 14.2 Å². The van der Waals surface area contributed by atoms with Gasteiger partial charge in [0.05, 0.1) is 20.8 Å². The van der Waals surface area contributed by atoms with Crippen LogP contribution < -0.4 is 14.2 Å². The highest BCUT2D eigenvalue weighted by Crippen LogP contribution is 2.32. The lowest BCUT2D eigenvalue weighted by atomic mass is 9.97. The van der Waals surface area contributed by atoms with Gasteiger partial charge in [-0.05, 0) is 54.8 Å². The highest BCUT2D eigenvalue weighted by molar-refractivity contribution is 5.81. The van der Waals surface area contributed by atoms with Gasteiger partial charge in [-0.15, -0.1) is 0 Å². The zero-order valence-corrected chi connectivity index (χ0v) is 13.6. The second-order valence-electron chi connectivity index (χ2n) is 4.76. The van der Waals surface area contributed by atoms with Gasteiger partial charge in [-0.3, -0.25) is 0 Å². The molecule has 0 unspecified atom stereocenters. The fourth-order valence-electron chi connectivity index (χ4n) is 2.38. The van der Waals surface area contributed by atoms with Crippen LogP contribution in [0, 0.1) is 0 Å². The van der Waals surface area contributed by atoms with Gasteiger partial charge >= 0.3 is 0 Å². The van der Waals surface area contributed by atoms with Crippen molar-refractivity contribution in [1.82, 2.24) is 0 Å². The van der Waals surface area contributed by atoms with Gasteiger partial charge in [0.25, 0.3) is 0 Å². The Morgan fingerprint density at radius 3 is 2.09 bits per heavy atom. The summed E-state index contributed by atoms with van der Waals surface area (Å²) in [5.41, 5.74) is 3.26. The number of methoxy groups -OCH3 is 2. The smallest absolute Gasteiger partial charge is 0.123 e. The molecule has 0 amide bonds. The first kappa shape index (κ1) is 16.0. The number of rotatable bonds is 6. The van der Waals surface area contributed by atoms with Crippen LogP contribution in [0.5, 0.6) is 17.2 Å². The van der Waals surface area contributed by atoms with Gasteiger partial charge < -0.3 is 14.2 Å². The molecule has 0 aliphatic rings. The van der Waals surface area contributed by atoms with Crippen molar-refractivity contribution in [2.24, 2.45) is 0 Å². The largest absolute Gasteiger partial charge is 0.497 e. The minimum atomic E-state index is 0.654. The van der Waals surface area contributed by atoms with E-state index < -0.39 is 0 Å². The Balaban J connectivity index is 2.46. The Bertz CT molecular complexity index is 637. The molecule has 2 aromatic rings. The van der Waals surface area contributed by atoms with Crippen LogP contribution in [0.25, 0.3) is 5.57 Å². The van der Waals surface area contributed by atoms with E-state index in [9.17, 15) is 0 Å². The van der Waals surface area contributed by atoms with Crippen molar-refractivity contribution in [2.45, 2.75) is 13.8 Å². The second-order valence-corrected chi connectivity index (χ2v) is 4.76. The molecular formula is C19H22O3. The molecule has 0 heterocycles. The molecule has 0 aromatic heterocycles. The molecule has 0 bridgehead atoms. The van der Waals surface area contributed by atoms with Crippen LogP contribution in [-0.2, 0) is 0 Å². The van der Waals surface area contributed by atoms with Crippen LogP contribution in [0.4, 0.5) is 0 Å². The molecule has 0 fully saturated rings. The van der Waals surface area contributed by atoms with Gasteiger partial charge in [0.1, 0.15) is 17.2 Å². The van der Waals surface area contributed by atoms with Crippen LogP contribution in [0.15, 0.2) is 48.5 Å². The van der Waals surface area contributed by atoms with Crippen molar-refractivity contribution in [2.75, 3.05) is 20.8 Å². The molecule has 3 nitrogen and oxygen atoms in total. The summed E-state index contributed by atoms with van der Waals surface area (Å²) in [6.07, 6.45) is 2.08. The summed E-state index contributed by atoms with van der Waals surface area (Å²) in [7, 11) is 3.31. The first-order chi connectivity index (χ1) is 10.7. The molecule has 0 spiro atoms. The summed E-state index contributed by atoms with van der Waals surface area (Å²) in [5, 5.41) is 0. The van der Waals surface area contributed by atoms with Gasteiger partial charge in [0.15, 0.2) is 0 Å². The standard InChI is InChI=1S/C19H22O3/c1-5-19(14-8-7-9-16(10-14)22-6-2)15-11-17(20-3)13-18(12-15)21-4/h5,7-13H,6H2,1-4H3. The highest BCUT2D eigenvalue weighted by atomic mass is 16.5. The normalized spacial score (nSPS) is 11.2. The quantitative estimate of drug-likeness (QED) is 0.782. The van der Waals surface area contributed by atoms with Crippen molar-refractivity contribution in [3.05, 3.63) is 59.7 Å². The second kappa shape index (κ2) is 7.55. The third-order valence-corrected chi connectivity index (χ3v) is 3.41. The van der Waals surface area contributed by atoms with Gasteiger partial charge in [0.2, 0.25) is 0 Å². The lowest BCUT2D eigenvalue weighted by Crippen LogP contribution is -1.95. The van der Waals surface area contributed by atoms with E-state index in [0.29, 0.717) is 6.61 Å². The van der Waals surface area contributed by atoms with Gasteiger partial charge in [0, 0.05) is 6.07 Å². The summed E-state index contributed by atoms with van der Waals surface area (Å²) in [4.78, 5) is 0. The van der Waals surface area contributed by atoms with Crippen molar-refractivity contribution in [1.29, 1.82) is 0 Å². The molecule has 3 heteroatoms. The Morgan fingerprint density at radius 1 is 0.909 bits per heavy atom. The fraction of sp³-hybridized carbons (Fsp3) is 0.263. The number of allylic oxidation sites excluding steroid dienone is 1. The topological polar surface area (TPSA) is 27.7 Å². The average Bonchev–Trinajstić information content (AvgIpc) is 2.56. The molecule has 0 saturated heterocycles. The SMILES string of the molecule is CC=C(c1cc(OC)cc(OC)c1)c1cccc(OCC)c1. The van der Waals surface area contributed by atoms with Gasteiger partial charge in [-0.1, -0.05) is 18.2 Å². The highest BCUT2D eigenvalue weighted by Gasteiger charge is 2.09. The molecule has 0 atom stereocenters. The first-order valence-electron chi connectivity index (χ1n) is 7.34. The molecule has 0 radical (unpaired) electrons. The number of hydrogen-bond donors (Lipinski definition) is 0. The summed E-state index contributed by atoms with van der Waals surface area (Å²) in [6, 6.07) is 14.0. The maximum absolute atomic E-state index is 5.59. The van der Waals surface area contributed by atoms with Crippen molar-refractivity contribution >= 4 is 5.57 Å². The molecule has 0 N–H and O–H groups in total. The van der Waals surface area contributed by atoms with Crippen LogP contribution in [0.3, 0.4) is 0 Å². The van der Waals surface area contributed by atoms with Crippen molar-refractivity contribution in [3.63, 3.8) is 0 Å². The lowest BCUT2D eigenvalue weighted by Gasteiger charge is -2.13. The molecule has 0 aliphatic carbocycles. The third kappa shape index (κ3) is 3.61. The zero-order valence-electron chi connectivity index (χ0n) is 13.6. The predicted octanol–water partition coefficient (Wildman–Crippen LogP) is 4.55. The van der Waals surface area contributed by atoms with E-state index in [4.69, 9.17) is 14.2 Å². The number of benzene rings is 2. The minimum Gasteiger partial charge on any atom is -0.497 e. The van der Waals surface area contributed by atoms with E-state index in [-0.39, 0.29) is 0 Å². The predicted molar refractivity (Wildman–Crippen MR) is 89.9 cm³/mol. The average molecular weight is 298 g/mol. The van der Waals surface area contributed by atoms with E-state index in [1.807, 2.05) is 50.2 Å². The van der Waals surface area contributed by atoms with Crippen molar-refractivity contribution in [3.8, 4) is 17.2 Å². The van der Waals surface area contributed by atoms with Crippen LogP contribution >= 0.6 is 0 Å². The van der Waals surface area contributed by atoms with E-state index >= 15 is 0 Å². The number of ether oxygens (including phenoxy) is 3. The maximum Gasteiger partial charge on any atom is 0.123 e. The molecule has 0 saturated carbocycles. The van der Waals surface area contributed by atoms with Crippen LogP contribution in [0.2, 0.25) is 0 Å². The van der Waals surface area contributed by atoms with Crippen molar-refractivity contribution < 1.29 is 14.2 Å². The summed E-state index contributed by atoms with van der Waals surface area (Å²) >= 11 is 0. The third-order valence-electron chi connectivity index (χ3n) is 3.41. The molecular weight excluding hydrogens is 276 g/mol. The summed E-state index contributed by atoms with van der Waals surface area (Å²) in [6.45, 7) is 4.66. The monoisotopic (exact) mass is 298 g/mol. The molecule has 22 heavy (non-hydrogen) atoms. The minimum absolute atomic E-state index is 0.654. The Morgan fingerprint density at radius 2 is 1.55 bits per heavy atom. The molecule has 116 valence electrons. The van der Waals surface area contributed by atoms with E-state index in [1.165, 1.54) is 0 Å². The molecule has 2 aromatic carbocycles. The number of hydrogen-bond acceptors (Lipinski definition) is 3. The maximum atomic E-state index is 5.59. The van der Waals surface area contributed by atoms with Crippen LogP contribution in [0.1, 0.15) is 25.0 Å². The molecule has 0 aliphatic heterocycles. The zero-order chi connectivity index (χ0) is 15.9. The molecule has 2 rings (SSSR count). The Labute approximate surface area is 132 Å². The fourth-order valence-corrected chi connectivity index (χ4v) is 2.38. The van der Waals surface area contributed by atoms with E-state index in [2.05, 4.69) is 12.1 Å². The first-order valence-corrected chi connectivity index (χ1v) is 7.34.